The molecule has 0 aliphatic carbocycles. The van der Waals surface area contributed by atoms with Crippen LogP contribution in [0.5, 0.6) is 0 Å². The molecule has 0 saturated heterocycles. The molecule has 6 nitrogen and oxygen atoms in total. The van der Waals surface area contributed by atoms with Gasteiger partial charge in [0.1, 0.15) is 5.69 Å². The lowest BCUT2D eigenvalue weighted by Gasteiger charge is -2.23. The monoisotopic (exact) mass is 294 g/mol. The third-order valence-electron chi connectivity index (χ3n) is 3.34. The first-order chi connectivity index (χ1) is 9.97. The van der Waals surface area contributed by atoms with Crippen molar-refractivity contribution >= 4 is 11.4 Å². The van der Waals surface area contributed by atoms with Gasteiger partial charge in [0.15, 0.2) is 0 Å². The van der Waals surface area contributed by atoms with Crippen molar-refractivity contribution in [3.05, 3.63) is 33.9 Å². The SMILES string of the molecule is CCCN(CCN(C)C)Cc1ccc([N+](=O)[O-])c(NC)c1. The molecule has 0 bridgehead atoms. The smallest absolute Gasteiger partial charge is 0.292 e. The van der Waals surface area contributed by atoms with Gasteiger partial charge in [0, 0.05) is 32.7 Å². The average Bonchev–Trinajstić information content (AvgIpc) is 2.44. The molecule has 0 radical (unpaired) electrons. The Kier molecular flexibility index (Phi) is 7.11. The summed E-state index contributed by atoms with van der Waals surface area (Å²) in [4.78, 5) is 15.1. The molecule has 0 atom stereocenters. The maximum atomic E-state index is 10.9. The van der Waals surface area contributed by atoms with Crippen molar-refractivity contribution in [2.45, 2.75) is 19.9 Å². The minimum atomic E-state index is -0.356. The Labute approximate surface area is 126 Å². The van der Waals surface area contributed by atoms with E-state index in [0.29, 0.717) is 5.69 Å². The largest absolute Gasteiger partial charge is 0.383 e. The summed E-state index contributed by atoms with van der Waals surface area (Å²) in [7, 11) is 5.84. The van der Waals surface area contributed by atoms with Crippen molar-refractivity contribution in [1.82, 2.24) is 9.80 Å². The second-order valence-electron chi connectivity index (χ2n) is 5.44. The highest BCUT2D eigenvalue weighted by atomic mass is 16.6. The van der Waals surface area contributed by atoms with Crippen LogP contribution in [0.1, 0.15) is 18.9 Å². The summed E-state index contributed by atoms with van der Waals surface area (Å²) in [6.07, 6.45) is 1.10. The molecule has 0 aromatic heterocycles. The number of hydrogen-bond acceptors (Lipinski definition) is 5. The van der Waals surface area contributed by atoms with Gasteiger partial charge >= 0.3 is 0 Å². The number of rotatable bonds is 9. The Bertz CT molecular complexity index is 463. The van der Waals surface area contributed by atoms with E-state index in [2.05, 4.69) is 36.1 Å². The molecule has 0 aliphatic heterocycles. The highest BCUT2D eigenvalue weighted by molar-refractivity contribution is 5.62. The first kappa shape index (κ1) is 17.4. The van der Waals surface area contributed by atoms with Gasteiger partial charge in [0.25, 0.3) is 5.69 Å². The Hall–Kier alpha value is -1.66. The summed E-state index contributed by atoms with van der Waals surface area (Å²) >= 11 is 0. The van der Waals surface area contributed by atoms with Crippen LogP contribution < -0.4 is 5.32 Å². The Balaban J connectivity index is 2.80. The highest BCUT2D eigenvalue weighted by Crippen LogP contribution is 2.25. The van der Waals surface area contributed by atoms with E-state index >= 15 is 0 Å². The summed E-state index contributed by atoms with van der Waals surface area (Å²) in [5.41, 5.74) is 1.79. The second-order valence-corrected chi connectivity index (χ2v) is 5.44. The van der Waals surface area contributed by atoms with Crippen LogP contribution in [-0.2, 0) is 6.54 Å². The molecule has 0 amide bonds. The van der Waals surface area contributed by atoms with E-state index in [1.807, 2.05) is 12.1 Å². The fourth-order valence-corrected chi connectivity index (χ4v) is 2.23. The molecule has 1 rings (SSSR count). The van der Waals surface area contributed by atoms with Crippen LogP contribution in [0.3, 0.4) is 0 Å². The number of benzene rings is 1. The van der Waals surface area contributed by atoms with E-state index in [-0.39, 0.29) is 10.6 Å². The third kappa shape index (κ3) is 5.69. The van der Waals surface area contributed by atoms with Gasteiger partial charge in [-0.25, -0.2) is 0 Å². The molecule has 1 aromatic rings. The van der Waals surface area contributed by atoms with Crippen molar-refractivity contribution in [1.29, 1.82) is 0 Å². The Morgan fingerprint density at radius 2 is 1.95 bits per heavy atom. The van der Waals surface area contributed by atoms with Gasteiger partial charge in [0.05, 0.1) is 4.92 Å². The van der Waals surface area contributed by atoms with Crippen LogP contribution in [-0.4, -0.2) is 55.5 Å². The van der Waals surface area contributed by atoms with E-state index < -0.39 is 0 Å². The number of nitrogens with one attached hydrogen (secondary N) is 1. The normalized spacial score (nSPS) is 11.1. The van der Waals surface area contributed by atoms with Crippen LogP contribution in [0.15, 0.2) is 18.2 Å². The predicted molar refractivity (Wildman–Crippen MR) is 86.8 cm³/mol. The Morgan fingerprint density at radius 1 is 1.24 bits per heavy atom. The van der Waals surface area contributed by atoms with Crippen LogP contribution in [0.25, 0.3) is 0 Å². The minimum Gasteiger partial charge on any atom is -0.383 e. The summed E-state index contributed by atoms with van der Waals surface area (Å²) in [6.45, 7) is 6.00. The standard InChI is InChI=1S/C15H26N4O2/c1-5-8-18(10-9-17(3)4)12-13-6-7-15(19(20)21)14(11-13)16-2/h6-7,11,16H,5,8-10,12H2,1-4H3. The fourth-order valence-electron chi connectivity index (χ4n) is 2.23. The van der Waals surface area contributed by atoms with Gasteiger partial charge in [-0.3, -0.25) is 15.0 Å². The maximum absolute atomic E-state index is 10.9. The first-order valence-corrected chi connectivity index (χ1v) is 7.30. The summed E-state index contributed by atoms with van der Waals surface area (Å²) < 4.78 is 0. The zero-order chi connectivity index (χ0) is 15.8. The number of hydrogen-bond donors (Lipinski definition) is 1. The van der Waals surface area contributed by atoms with Crippen LogP contribution in [0.2, 0.25) is 0 Å². The number of anilines is 1. The zero-order valence-corrected chi connectivity index (χ0v) is 13.4. The molecule has 0 saturated carbocycles. The molecule has 118 valence electrons. The number of nitro groups is 1. The van der Waals surface area contributed by atoms with Crippen molar-refractivity contribution in [2.75, 3.05) is 46.1 Å². The van der Waals surface area contributed by atoms with Gasteiger partial charge in [0.2, 0.25) is 0 Å². The van der Waals surface area contributed by atoms with E-state index in [1.165, 1.54) is 0 Å². The zero-order valence-electron chi connectivity index (χ0n) is 13.4. The van der Waals surface area contributed by atoms with E-state index in [0.717, 1.165) is 38.2 Å². The Morgan fingerprint density at radius 3 is 2.48 bits per heavy atom. The summed E-state index contributed by atoms with van der Waals surface area (Å²) in [6, 6.07) is 5.30. The molecule has 0 spiro atoms. The summed E-state index contributed by atoms with van der Waals surface area (Å²) in [5.74, 6) is 0. The van der Waals surface area contributed by atoms with Gasteiger partial charge in [-0.1, -0.05) is 13.0 Å². The first-order valence-electron chi connectivity index (χ1n) is 7.30. The third-order valence-corrected chi connectivity index (χ3v) is 3.34. The lowest BCUT2D eigenvalue weighted by molar-refractivity contribution is -0.384. The van der Waals surface area contributed by atoms with Gasteiger partial charge < -0.3 is 10.2 Å². The molecule has 1 N–H and O–H groups in total. The van der Waals surface area contributed by atoms with Crippen LogP contribution in [0, 0.1) is 10.1 Å². The predicted octanol–water partition coefficient (Wildman–Crippen LogP) is 2.41. The average molecular weight is 294 g/mol. The van der Waals surface area contributed by atoms with E-state index in [1.54, 1.807) is 13.1 Å². The number of nitrogens with zero attached hydrogens (tertiary/aromatic N) is 3. The van der Waals surface area contributed by atoms with Crippen molar-refractivity contribution in [2.24, 2.45) is 0 Å². The lowest BCUT2D eigenvalue weighted by Crippen LogP contribution is -2.32. The lowest BCUT2D eigenvalue weighted by atomic mass is 10.1. The highest BCUT2D eigenvalue weighted by Gasteiger charge is 2.14. The number of nitro benzene ring substituents is 1. The molecule has 0 fully saturated rings. The van der Waals surface area contributed by atoms with Crippen molar-refractivity contribution in [3.8, 4) is 0 Å². The van der Waals surface area contributed by atoms with Gasteiger partial charge in [-0.2, -0.15) is 0 Å². The van der Waals surface area contributed by atoms with E-state index in [9.17, 15) is 10.1 Å². The van der Waals surface area contributed by atoms with E-state index in [4.69, 9.17) is 0 Å². The quantitative estimate of drug-likeness (QED) is 0.560. The minimum absolute atomic E-state index is 0.122. The molecule has 0 heterocycles. The van der Waals surface area contributed by atoms with Crippen molar-refractivity contribution < 1.29 is 4.92 Å². The van der Waals surface area contributed by atoms with Crippen molar-refractivity contribution in [3.63, 3.8) is 0 Å². The van der Waals surface area contributed by atoms with Crippen LogP contribution in [0.4, 0.5) is 11.4 Å². The topological polar surface area (TPSA) is 61.7 Å². The molecule has 0 unspecified atom stereocenters. The van der Waals surface area contributed by atoms with Gasteiger partial charge in [-0.05, 0) is 38.7 Å². The molecular formula is C15H26N4O2. The second kappa shape index (κ2) is 8.59. The van der Waals surface area contributed by atoms with Crippen LogP contribution >= 0.6 is 0 Å². The molecular weight excluding hydrogens is 268 g/mol. The fraction of sp³-hybridized carbons (Fsp3) is 0.600. The molecule has 1 aromatic carbocycles. The number of likely N-dealkylation sites (N-methyl/N-ethyl adjacent to an activating group) is 1. The molecule has 6 heteroatoms. The molecule has 0 aliphatic rings. The maximum Gasteiger partial charge on any atom is 0.292 e. The summed E-state index contributed by atoms with van der Waals surface area (Å²) in [5, 5.41) is 13.8. The van der Waals surface area contributed by atoms with Gasteiger partial charge in [-0.15, -0.1) is 0 Å². The molecule has 21 heavy (non-hydrogen) atoms.